The van der Waals surface area contributed by atoms with Crippen molar-refractivity contribution >= 4 is 45.8 Å². The largest absolute Gasteiger partial charge is 0.388 e. The van der Waals surface area contributed by atoms with Gasteiger partial charge >= 0.3 is 6.03 Å². The number of aliphatic hydroxyl groups is 1. The van der Waals surface area contributed by atoms with Crippen molar-refractivity contribution in [1.29, 1.82) is 0 Å². The number of nitrogens with one attached hydrogen (secondary N) is 2. The molecule has 3 aromatic rings. The highest BCUT2D eigenvalue weighted by Gasteiger charge is 2.40. The zero-order chi connectivity index (χ0) is 22.2. The van der Waals surface area contributed by atoms with Crippen LogP contribution in [-0.2, 0) is 0 Å². The second kappa shape index (κ2) is 8.69. The first-order chi connectivity index (χ1) is 14.8. The molecule has 1 aliphatic rings. The number of nitrogens with zero attached hydrogens (tertiary/aromatic N) is 2. The van der Waals surface area contributed by atoms with Gasteiger partial charge in [0.05, 0.1) is 28.5 Å². The van der Waals surface area contributed by atoms with Crippen LogP contribution < -0.4 is 5.32 Å². The molecule has 164 valence electrons. The zero-order valence-electron chi connectivity index (χ0n) is 17.5. The van der Waals surface area contributed by atoms with E-state index in [0.29, 0.717) is 28.8 Å². The van der Waals surface area contributed by atoms with Gasteiger partial charge in [-0.3, -0.25) is 5.10 Å². The van der Waals surface area contributed by atoms with E-state index in [9.17, 15) is 9.90 Å². The number of amides is 2. The number of para-hydroxylation sites is 1. The van der Waals surface area contributed by atoms with E-state index in [-0.39, 0.29) is 11.9 Å². The number of aromatic nitrogens is 2. The van der Waals surface area contributed by atoms with E-state index in [1.165, 1.54) is 0 Å². The van der Waals surface area contributed by atoms with Gasteiger partial charge in [-0.15, -0.1) is 0 Å². The Kier molecular flexibility index (Phi) is 6.15. The fourth-order valence-electron chi connectivity index (χ4n) is 4.47. The maximum atomic E-state index is 12.7. The number of rotatable bonds is 4. The van der Waals surface area contributed by atoms with E-state index < -0.39 is 11.5 Å². The molecule has 1 fully saturated rings. The first kappa shape index (κ1) is 21.9. The summed E-state index contributed by atoms with van der Waals surface area (Å²) in [5.74, 6) is 0.240. The second-order valence-electron chi connectivity index (χ2n) is 8.72. The number of piperidine rings is 1. The summed E-state index contributed by atoms with van der Waals surface area (Å²) < 4.78 is 0. The molecule has 0 aliphatic carbocycles. The molecule has 1 aromatic heterocycles. The Bertz CT molecular complexity index is 1090. The molecule has 0 radical (unpaired) electrons. The first-order valence-corrected chi connectivity index (χ1v) is 11.1. The quantitative estimate of drug-likeness (QED) is 0.454. The minimum Gasteiger partial charge on any atom is -0.388 e. The molecule has 1 saturated heterocycles. The van der Waals surface area contributed by atoms with Crippen molar-refractivity contribution in [2.45, 2.75) is 32.8 Å². The van der Waals surface area contributed by atoms with Crippen molar-refractivity contribution in [1.82, 2.24) is 15.1 Å². The highest BCUT2D eigenvalue weighted by atomic mass is 35.5. The van der Waals surface area contributed by atoms with Gasteiger partial charge in [0.2, 0.25) is 0 Å². The van der Waals surface area contributed by atoms with Crippen molar-refractivity contribution in [3.63, 3.8) is 0 Å². The van der Waals surface area contributed by atoms with E-state index in [0.717, 1.165) is 29.3 Å². The Balaban J connectivity index is 1.44. The summed E-state index contributed by atoms with van der Waals surface area (Å²) in [7, 11) is 0. The van der Waals surface area contributed by atoms with Crippen LogP contribution in [0.4, 0.5) is 10.5 Å². The van der Waals surface area contributed by atoms with Crippen LogP contribution in [0.5, 0.6) is 0 Å². The summed E-state index contributed by atoms with van der Waals surface area (Å²) in [4.78, 5) is 14.5. The Morgan fingerprint density at radius 3 is 2.68 bits per heavy atom. The van der Waals surface area contributed by atoms with Gasteiger partial charge in [0.1, 0.15) is 0 Å². The van der Waals surface area contributed by atoms with E-state index in [2.05, 4.69) is 29.4 Å². The van der Waals surface area contributed by atoms with Crippen LogP contribution in [0, 0.1) is 11.3 Å². The number of hydrogen-bond acceptors (Lipinski definition) is 3. The second-order valence-corrected chi connectivity index (χ2v) is 9.57. The highest BCUT2D eigenvalue weighted by molar-refractivity contribution is 6.33. The maximum Gasteiger partial charge on any atom is 0.321 e. The van der Waals surface area contributed by atoms with Crippen LogP contribution in [0.15, 0.2) is 42.6 Å². The number of hydrogen-bond donors (Lipinski definition) is 3. The summed E-state index contributed by atoms with van der Waals surface area (Å²) in [6.07, 6.45) is 2.59. The maximum absolute atomic E-state index is 12.7. The number of carbonyl (C=O) groups is 1. The molecule has 0 bridgehead atoms. The zero-order valence-corrected chi connectivity index (χ0v) is 19.0. The Morgan fingerprint density at radius 1 is 1.26 bits per heavy atom. The lowest BCUT2D eigenvalue weighted by Crippen LogP contribution is -2.45. The van der Waals surface area contributed by atoms with Gasteiger partial charge in [0, 0.05) is 29.1 Å². The molecule has 3 N–H and O–H groups in total. The lowest BCUT2D eigenvalue weighted by atomic mass is 9.68. The normalized spacial score (nSPS) is 16.5. The fourth-order valence-corrected chi connectivity index (χ4v) is 4.89. The highest BCUT2D eigenvalue weighted by Crippen LogP contribution is 2.46. The van der Waals surface area contributed by atoms with E-state index in [1.807, 2.05) is 18.2 Å². The van der Waals surface area contributed by atoms with Crippen molar-refractivity contribution in [3.05, 3.63) is 58.2 Å². The van der Waals surface area contributed by atoms with Crippen LogP contribution in [0.2, 0.25) is 10.0 Å². The number of likely N-dealkylation sites (tertiary alicyclic amines) is 1. The van der Waals surface area contributed by atoms with Gasteiger partial charge in [-0.05, 0) is 48.4 Å². The molecular formula is C23H26Cl2N4O2. The van der Waals surface area contributed by atoms with Crippen LogP contribution in [-0.4, -0.2) is 39.3 Å². The molecule has 0 spiro atoms. The summed E-state index contributed by atoms with van der Waals surface area (Å²) in [6.45, 7) is 5.38. The summed E-state index contributed by atoms with van der Waals surface area (Å²) >= 11 is 12.4. The lowest BCUT2D eigenvalue weighted by Gasteiger charge is -2.43. The average Bonchev–Trinajstić information content (AvgIpc) is 3.22. The topological polar surface area (TPSA) is 81.2 Å². The van der Waals surface area contributed by atoms with Crippen LogP contribution in [0.1, 0.15) is 38.4 Å². The summed E-state index contributed by atoms with van der Waals surface area (Å²) in [5.41, 5.74) is 1.76. The molecule has 2 aromatic carbocycles. The predicted molar refractivity (Wildman–Crippen MR) is 125 cm³/mol. The van der Waals surface area contributed by atoms with Gasteiger partial charge in [-0.2, -0.15) is 5.10 Å². The molecular weight excluding hydrogens is 435 g/mol. The van der Waals surface area contributed by atoms with Gasteiger partial charge in [0.15, 0.2) is 0 Å². The number of urea groups is 1. The van der Waals surface area contributed by atoms with Crippen LogP contribution in [0.25, 0.3) is 10.9 Å². The molecule has 31 heavy (non-hydrogen) atoms. The number of anilines is 1. The molecule has 6 nitrogen and oxygen atoms in total. The van der Waals surface area contributed by atoms with Gasteiger partial charge in [0.25, 0.3) is 0 Å². The number of benzene rings is 2. The van der Waals surface area contributed by atoms with Crippen molar-refractivity contribution in [3.8, 4) is 0 Å². The molecule has 1 aliphatic heterocycles. The average molecular weight is 461 g/mol. The predicted octanol–water partition coefficient (Wildman–Crippen LogP) is 5.87. The Hall–Kier alpha value is -2.28. The molecule has 1 unspecified atom stereocenters. The van der Waals surface area contributed by atoms with Gasteiger partial charge in [-0.25, -0.2) is 4.79 Å². The third kappa shape index (κ3) is 4.38. The number of H-pyrrole nitrogens is 1. The van der Waals surface area contributed by atoms with Gasteiger partial charge in [-0.1, -0.05) is 49.2 Å². The number of aliphatic hydroxyl groups excluding tert-OH is 1. The number of fused-ring (bicyclic) bond motifs is 1. The Labute approximate surface area is 191 Å². The van der Waals surface area contributed by atoms with Crippen molar-refractivity contribution in [2.75, 3.05) is 18.4 Å². The molecule has 4 rings (SSSR count). The molecule has 2 amide bonds. The molecule has 2 heterocycles. The van der Waals surface area contributed by atoms with E-state index in [1.54, 1.807) is 29.3 Å². The van der Waals surface area contributed by atoms with E-state index in [4.69, 9.17) is 23.2 Å². The molecule has 8 heteroatoms. The minimum absolute atomic E-state index is 0.154. The van der Waals surface area contributed by atoms with Crippen LogP contribution >= 0.6 is 23.2 Å². The summed E-state index contributed by atoms with van der Waals surface area (Å²) in [5, 5.41) is 23.3. The fraction of sp³-hybridized carbons (Fsp3) is 0.391. The molecule has 0 saturated carbocycles. The monoisotopic (exact) mass is 460 g/mol. The standard InChI is InChI=1S/C23H26Cl2N4O2/c1-23(2,21(30)17-12-16(24)11-14-13-26-28-20(14)17)15-7-9-29(10-8-15)22(31)27-19-6-4-3-5-18(19)25/h3-6,11-13,15,21,30H,7-10H2,1-2H3,(H,26,28)(H,27,31). The van der Waals surface area contributed by atoms with Crippen molar-refractivity contribution < 1.29 is 9.90 Å². The van der Waals surface area contributed by atoms with E-state index >= 15 is 0 Å². The minimum atomic E-state index is -0.720. The number of aromatic amines is 1. The Morgan fingerprint density at radius 2 is 1.97 bits per heavy atom. The number of halogens is 2. The third-order valence-electron chi connectivity index (χ3n) is 6.49. The number of carbonyl (C=O) groups excluding carboxylic acids is 1. The van der Waals surface area contributed by atoms with Crippen molar-refractivity contribution in [2.24, 2.45) is 11.3 Å². The van der Waals surface area contributed by atoms with Gasteiger partial charge < -0.3 is 15.3 Å². The van der Waals surface area contributed by atoms with Crippen LogP contribution in [0.3, 0.4) is 0 Å². The first-order valence-electron chi connectivity index (χ1n) is 10.4. The lowest BCUT2D eigenvalue weighted by molar-refractivity contribution is -0.0138. The summed E-state index contributed by atoms with van der Waals surface area (Å²) in [6, 6.07) is 10.7. The third-order valence-corrected chi connectivity index (χ3v) is 7.04. The smallest absolute Gasteiger partial charge is 0.321 e. The SMILES string of the molecule is CC(C)(C1CCN(C(=O)Nc2ccccc2Cl)CC1)C(O)c1cc(Cl)cc2cn[nH]c12. The molecule has 1 atom stereocenters.